The molecule has 0 atom stereocenters. The highest BCUT2D eigenvalue weighted by molar-refractivity contribution is 6.39. The predicted molar refractivity (Wildman–Crippen MR) is 218 cm³/mol. The van der Waals surface area contributed by atoms with Crippen LogP contribution >= 0.6 is 0 Å². The Balaban J connectivity index is 1.11. The van der Waals surface area contributed by atoms with Gasteiger partial charge in [-0.15, -0.1) is 0 Å². The van der Waals surface area contributed by atoms with Crippen LogP contribution in [0.1, 0.15) is 0 Å². The van der Waals surface area contributed by atoms with Gasteiger partial charge in [-0.2, -0.15) is 0 Å². The number of fused-ring (bicyclic) bond motifs is 14. The molecule has 0 aliphatic rings. The molecule has 0 N–H and O–H groups in total. The molecule has 11 rings (SSSR count). The molecule has 0 aliphatic heterocycles. The van der Waals surface area contributed by atoms with E-state index in [1.54, 1.807) is 0 Å². The van der Waals surface area contributed by atoms with Crippen LogP contribution in [-0.2, 0) is 0 Å². The normalized spacial score (nSPS) is 11.9. The lowest BCUT2D eigenvalue weighted by molar-refractivity contribution is 0.670. The number of hydrogen-bond donors (Lipinski definition) is 0. The number of para-hydroxylation sites is 2. The van der Waals surface area contributed by atoms with Gasteiger partial charge in [-0.25, -0.2) is 0 Å². The largest absolute Gasteiger partial charge is 0.455 e. The van der Waals surface area contributed by atoms with E-state index in [0.29, 0.717) is 0 Å². The Bertz CT molecular complexity index is 3170. The van der Waals surface area contributed by atoms with Gasteiger partial charge in [0, 0.05) is 16.3 Å². The maximum absolute atomic E-state index is 6.36. The fourth-order valence-electron chi connectivity index (χ4n) is 8.48. The quantitative estimate of drug-likeness (QED) is 0.174. The number of hydrogen-bond acceptors (Lipinski definition) is 1. The molecule has 0 spiro atoms. The first-order valence-electron chi connectivity index (χ1n) is 17.6. The molecular weight excluding hydrogens is 617 g/mol. The van der Waals surface area contributed by atoms with Crippen LogP contribution in [0.15, 0.2) is 186 Å². The molecule has 0 amide bonds. The average Bonchev–Trinajstić information content (AvgIpc) is 3.60. The zero-order valence-electron chi connectivity index (χ0n) is 27.7. The van der Waals surface area contributed by atoms with E-state index in [4.69, 9.17) is 4.42 Å². The molecule has 0 saturated heterocycles. The number of benzene rings is 10. The second kappa shape index (κ2) is 10.9. The first kappa shape index (κ1) is 28.2. The van der Waals surface area contributed by atoms with E-state index in [1.807, 2.05) is 12.1 Å². The van der Waals surface area contributed by atoms with Gasteiger partial charge in [0.05, 0.1) is 0 Å². The molecule has 1 heteroatoms. The van der Waals surface area contributed by atoms with Crippen LogP contribution in [0.4, 0.5) is 0 Å². The Kier molecular flexibility index (Phi) is 6.02. The van der Waals surface area contributed by atoms with Gasteiger partial charge in [0.2, 0.25) is 0 Å². The molecule has 11 aromatic rings. The number of furan rings is 1. The molecule has 1 nitrogen and oxygen atoms in total. The first-order valence-corrected chi connectivity index (χ1v) is 17.6. The van der Waals surface area contributed by atoms with Crippen LogP contribution < -0.4 is 0 Å². The van der Waals surface area contributed by atoms with Crippen LogP contribution in [0.2, 0.25) is 0 Å². The van der Waals surface area contributed by atoms with Crippen LogP contribution in [0, 0.1) is 0 Å². The average molecular weight is 647 g/mol. The fraction of sp³-hybridized carbons (Fsp3) is 0. The van der Waals surface area contributed by atoms with Gasteiger partial charge in [0.15, 0.2) is 0 Å². The summed E-state index contributed by atoms with van der Waals surface area (Å²) in [6.07, 6.45) is 0. The molecule has 236 valence electrons. The minimum atomic E-state index is 0.921. The maximum atomic E-state index is 6.36. The van der Waals surface area contributed by atoms with Crippen molar-refractivity contribution in [3.8, 4) is 33.4 Å². The molecule has 0 saturated carbocycles. The second-order valence-corrected chi connectivity index (χ2v) is 13.6. The topological polar surface area (TPSA) is 13.1 Å². The summed E-state index contributed by atoms with van der Waals surface area (Å²) in [5.74, 6) is 0. The monoisotopic (exact) mass is 646 g/mol. The number of rotatable bonds is 3. The fourth-order valence-corrected chi connectivity index (χ4v) is 8.48. The highest BCUT2D eigenvalue weighted by atomic mass is 16.3. The van der Waals surface area contributed by atoms with Crippen LogP contribution in [0.5, 0.6) is 0 Å². The minimum Gasteiger partial charge on any atom is -0.455 e. The van der Waals surface area contributed by atoms with E-state index in [-0.39, 0.29) is 0 Å². The minimum absolute atomic E-state index is 0.921. The summed E-state index contributed by atoms with van der Waals surface area (Å²) in [6, 6.07) is 66.3. The predicted octanol–water partition coefficient (Wildman–Crippen LogP) is 14.4. The van der Waals surface area contributed by atoms with Crippen LogP contribution in [0.25, 0.3) is 109 Å². The van der Waals surface area contributed by atoms with Gasteiger partial charge >= 0.3 is 0 Å². The summed E-state index contributed by atoms with van der Waals surface area (Å²) >= 11 is 0. The SMILES string of the molecule is c1ccc(-c2ccc3c(c2)c2ccccc2c2c4ccc(-c5ccc(-c6cccc7c6oc6ccccc67)cc5)cc4c4ccccc4c32)cc1. The van der Waals surface area contributed by atoms with Gasteiger partial charge in [0.1, 0.15) is 11.2 Å². The van der Waals surface area contributed by atoms with E-state index < -0.39 is 0 Å². The van der Waals surface area contributed by atoms with Crippen molar-refractivity contribution >= 4 is 75.8 Å². The molecule has 1 heterocycles. The lowest BCUT2D eigenvalue weighted by atomic mass is 9.85. The third-order valence-corrected chi connectivity index (χ3v) is 10.8. The van der Waals surface area contributed by atoms with Gasteiger partial charge in [-0.1, -0.05) is 164 Å². The van der Waals surface area contributed by atoms with Gasteiger partial charge in [-0.3, -0.25) is 0 Å². The van der Waals surface area contributed by atoms with E-state index in [1.165, 1.54) is 76.1 Å². The highest BCUT2D eigenvalue weighted by Gasteiger charge is 2.17. The standard InChI is InChI=1S/C50H30O/c1-2-11-31(12-3-1)34-25-27-42-45(29-34)37-13-4-6-16-40(37)49-43-28-26-35(30-46(43)38-14-5-7-17-41(38)48(42)49)32-21-23-33(24-22-32)36-18-10-19-44-39-15-8-9-20-47(39)51-50(36)44/h1-30H. The Morgan fingerprint density at radius 1 is 0.255 bits per heavy atom. The zero-order chi connectivity index (χ0) is 33.5. The van der Waals surface area contributed by atoms with Crippen molar-refractivity contribution in [2.45, 2.75) is 0 Å². The molecule has 1 aromatic heterocycles. The van der Waals surface area contributed by atoms with Crippen molar-refractivity contribution < 1.29 is 4.42 Å². The molecule has 0 radical (unpaired) electrons. The van der Waals surface area contributed by atoms with E-state index in [0.717, 1.165) is 33.1 Å². The Morgan fingerprint density at radius 2 is 0.706 bits per heavy atom. The smallest absolute Gasteiger partial charge is 0.143 e. The van der Waals surface area contributed by atoms with Gasteiger partial charge in [0.25, 0.3) is 0 Å². The van der Waals surface area contributed by atoms with Crippen LogP contribution in [-0.4, -0.2) is 0 Å². The van der Waals surface area contributed by atoms with Crippen LogP contribution in [0.3, 0.4) is 0 Å². The third kappa shape index (κ3) is 4.22. The van der Waals surface area contributed by atoms with E-state index in [2.05, 4.69) is 170 Å². The Hall–Kier alpha value is -6.70. The molecule has 0 aliphatic carbocycles. The van der Waals surface area contributed by atoms with Crippen molar-refractivity contribution in [3.05, 3.63) is 182 Å². The third-order valence-electron chi connectivity index (χ3n) is 10.8. The molecular formula is C50H30O. The lowest BCUT2D eigenvalue weighted by Crippen LogP contribution is -1.90. The van der Waals surface area contributed by atoms with E-state index >= 15 is 0 Å². The first-order chi connectivity index (χ1) is 25.3. The summed E-state index contributed by atoms with van der Waals surface area (Å²) in [5, 5.41) is 15.2. The zero-order valence-corrected chi connectivity index (χ0v) is 27.7. The Labute approximate surface area is 294 Å². The second-order valence-electron chi connectivity index (χ2n) is 13.6. The van der Waals surface area contributed by atoms with E-state index in [9.17, 15) is 0 Å². The molecule has 51 heavy (non-hydrogen) atoms. The van der Waals surface area contributed by atoms with Crippen molar-refractivity contribution in [2.24, 2.45) is 0 Å². The van der Waals surface area contributed by atoms with Gasteiger partial charge in [-0.05, 0) is 99.9 Å². The maximum Gasteiger partial charge on any atom is 0.143 e. The summed E-state index contributed by atoms with van der Waals surface area (Å²) in [4.78, 5) is 0. The summed E-state index contributed by atoms with van der Waals surface area (Å²) in [5.41, 5.74) is 8.99. The summed E-state index contributed by atoms with van der Waals surface area (Å²) in [7, 11) is 0. The molecule has 0 unspecified atom stereocenters. The van der Waals surface area contributed by atoms with Gasteiger partial charge < -0.3 is 4.42 Å². The lowest BCUT2D eigenvalue weighted by Gasteiger charge is -2.18. The summed E-state index contributed by atoms with van der Waals surface area (Å²) < 4.78 is 6.36. The van der Waals surface area contributed by atoms with Crippen molar-refractivity contribution in [3.63, 3.8) is 0 Å². The molecule has 10 aromatic carbocycles. The van der Waals surface area contributed by atoms with Crippen molar-refractivity contribution in [1.29, 1.82) is 0 Å². The molecule has 0 fully saturated rings. The molecule has 0 bridgehead atoms. The van der Waals surface area contributed by atoms with Crippen molar-refractivity contribution in [2.75, 3.05) is 0 Å². The van der Waals surface area contributed by atoms with Crippen molar-refractivity contribution in [1.82, 2.24) is 0 Å². The Morgan fingerprint density at radius 3 is 1.33 bits per heavy atom. The summed E-state index contributed by atoms with van der Waals surface area (Å²) in [6.45, 7) is 0. The highest BCUT2D eigenvalue weighted by Crippen LogP contribution is 2.45.